The second-order valence-electron chi connectivity index (χ2n) is 8.86. The van der Waals surface area contributed by atoms with Gasteiger partial charge in [-0.05, 0) is 29.7 Å². The second-order valence-corrected chi connectivity index (χ2v) is 8.86. The molecular weight excluding hydrogens is 451 g/mol. The SMILES string of the molecule is CC[C@H]1O[C@@H](n2ccc(=O)n(Cc3ccc(OC)cc3)c2=O)[C@](CF)(OCc2ccccc2)[C@@H]1C. The third kappa shape index (κ3) is 4.81. The average Bonchev–Trinajstić information content (AvgIpc) is 3.17. The zero-order valence-electron chi connectivity index (χ0n) is 20.2. The molecule has 1 aliphatic rings. The molecule has 0 amide bonds. The number of hydrogen-bond acceptors (Lipinski definition) is 5. The van der Waals surface area contributed by atoms with E-state index < -0.39 is 29.8 Å². The van der Waals surface area contributed by atoms with Crippen LogP contribution in [0, 0.1) is 5.92 Å². The smallest absolute Gasteiger partial charge is 0.333 e. The number of halogens is 1. The lowest BCUT2D eigenvalue weighted by molar-refractivity contribution is -0.154. The Bertz CT molecular complexity index is 1240. The van der Waals surface area contributed by atoms with Crippen LogP contribution in [0.1, 0.15) is 37.6 Å². The summed E-state index contributed by atoms with van der Waals surface area (Å²) in [4.78, 5) is 26.2. The van der Waals surface area contributed by atoms with Crippen LogP contribution in [0.3, 0.4) is 0 Å². The van der Waals surface area contributed by atoms with E-state index in [1.54, 1.807) is 31.4 Å². The Morgan fingerprint density at radius 1 is 1.03 bits per heavy atom. The van der Waals surface area contributed by atoms with E-state index in [1.807, 2.05) is 44.2 Å². The predicted octanol–water partition coefficient (Wildman–Crippen LogP) is 3.94. The summed E-state index contributed by atoms with van der Waals surface area (Å²) in [5.74, 6) is 0.355. The molecule has 35 heavy (non-hydrogen) atoms. The number of nitrogens with zero attached hydrogens (tertiary/aromatic N) is 2. The molecule has 1 aliphatic heterocycles. The van der Waals surface area contributed by atoms with Gasteiger partial charge in [-0.2, -0.15) is 0 Å². The molecule has 2 aromatic carbocycles. The summed E-state index contributed by atoms with van der Waals surface area (Å²) in [6, 6.07) is 17.9. The molecule has 2 heterocycles. The maximum Gasteiger partial charge on any atom is 0.333 e. The number of rotatable bonds is 9. The van der Waals surface area contributed by atoms with Crippen molar-refractivity contribution in [2.45, 2.75) is 51.4 Å². The van der Waals surface area contributed by atoms with Crippen molar-refractivity contribution in [3.63, 3.8) is 0 Å². The van der Waals surface area contributed by atoms with Gasteiger partial charge in [-0.15, -0.1) is 0 Å². The lowest BCUT2D eigenvalue weighted by atomic mass is 9.86. The minimum absolute atomic E-state index is 0.0650. The first-order valence-corrected chi connectivity index (χ1v) is 11.8. The van der Waals surface area contributed by atoms with E-state index in [-0.39, 0.29) is 25.2 Å². The Kier molecular flexibility index (Phi) is 7.52. The van der Waals surface area contributed by atoms with Gasteiger partial charge in [-0.1, -0.05) is 56.3 Å². The molecular formula is C27H31FN2O5. The van der Waals surface area contributed by atoms with Crippen molar-refractivity contribution < 1.29 is 18.6 Å². The molecule has 1 fully saturated rings. The number of hydrogen-bond donors (Lipinski definition) is 0. The fraction of sp³-hybridized carbons (Fsp3) is 0.407. The maximum atomic E-state index is 14.9. The lowest BCUT2D eigenvalue weighted by Gasteiger charge is -2.35. The lowest BCUT2D eigenvalue weighted by Crippen LogP contribution is -2.50. The van der Waals surface area contributed by atoms with Gasteiger partial charge in [0.1, 0.15) is 18.0 Å². The van der Waals surface area contributed by atoms with Gasteiger partial charge in [0.15, 0.2) is 6.23 Å². The molecule has 0 N–H and O–H groups in total. The zero-order valence-corrected chi connectivity index (χ0v) is 20.2. The largest absolute Gasteiger partial charge is 0.497 e. The molecule has 4 atom stereocenters. The van der Waals surface area contributed by atoms with Crippen LogP contribution in [0.4, 0.5) is 4.39 Å². The second kappa shape index (κ2) is 10.6. The zero-order chi connectivity index (χ0) is 25.0. The third-order valence-electron chi connectivity index (χ3n) is 6.86. The molecule has 186 valence electrons. The normalized spacial score (nSPS) is 23.9. The van der Waals surface area contributed by atoms with Crippen LogP contribution in [-0.2, 0) is 22.6 Å². The van der Waals surface area contributed by atoms with E-state index in [4.69, 9.17) is 14.2 Å². The van der Waals surface area contributed by atoms with Gasteiger partial charge in [0.05, 0.1) is 26.4 Å². The first kappa shape index (κ1) is 24.9. The Labute approximate surface area is 203 Å². The highest BCUT2D eigenvalue weighted by molar-refractivity contribution is 5.27. The fourth-order valence-electron chi connectivity index (χ4n) is 4.68. The van der Waals surface area contributed by atoms with E-state index in [0.29, 0.717) is 12.2 Å². The van der Waals surface area contributed by atoms with Crippen molar-refractivity contribution >= 4 is 0 Å². The van der Waals surface area contributed by atoms with Gasteiger partial charge in [-0.3, -0.25) is 13.9 Å². The third-order valence-corrected chi connectivity index (χ3v) is 6.86. The first-order valence-electron chi connectivity index (χ1n) is 11.8. The topological polar surface area (TPSA) is 71.7 Å². The molecule has 1 saturated heterocycles. The summed E-state index contributed by atoms with van der Waals surface area (Å²) < 4.78 is 34.9. The summed E-state index contributed by atoms with van der Waals surface area (Å²) in [5.41, 5.74) is -0.766. The van der Waals surface area contributed by atoms with Crippen molar-refractivity contribution in [3.05, 3.63) is 98.8 Å². The molecule has 0 spiro atoms. The van der Waals surface area contributed by atoms with Gasteiger partial charge in [0, 0.05) is 18.2 Å². The van der Waals surface area contributed by atoms with Crippen LogP contribution in [0.5, 0.6) is 5.75 Å². The van der Waals surface area contributed by atoms with Crippen molar-refractivity contribution in [1.82, 2.24) is 9.13 Å². The first-order chi connectivity index (χ1) is 16.9. The Balaban J connectivity index is 1.71. The monoisotopic (exact) mass is 482 g/mol. The molecule has 7 nitrogen and oxygen atoms in total. The molecule has 4 rings (SSSR count). The van der Waals surface area contributed by atoms with Crippen molar-refractivity contribution in [3.8, 4) is 5.75 Å². The van der Waals surface area contributed by atoms with E-state index in [9.17, 15) is 14.0 Å². The molecule has 0 unspecified atom stereocenters. The molecule has 0 bridgehead atoms. The number of aromatic nitrogens is 2. The van der Waals surface area contributed by atoms with Gasteiger partial charge in [-0.25, -0.2) is 9.18 Å². The van der Waals surface area contributed by atoms with E-state index in [0.717, 1.165) is 15.7 Å². The van der Waals surface area contributed by atoms with E-state index in [1.165, 1.54) is 16.8 Å². The van der Waals surface area contributed by atoms with Crippen LogP contribution < -0.4 is 16.0 Å². The van der Waals surface area contributed by atoms with Gasteiger partial charge < -0.3 is 14.2 Å². The highest BCUT2D eigenvalue weighted by Gasteiger charge is 2.56. The van der Waals surface area contributed by atoms with Crippen LogP contribution >= 0.6 is 0 Å². The van der Waals surface area contributed by atoms with Gasteiger partial charge >= 0.3 is 5.69 Å². The minimum Gasteiger partial charge on any atom is -0.497 e. The number of alkyl halides is 1. The Morgan fingerprint density at radius 3 is 2.37 bits per heavy atom. The fourth-order valence-corrected chi connectivity index (χ4v) is 4.68. The van der Waals surface area contributed by atoms with Crippen LogP contribution in [0.25, 0.3) is 0 Å². The van der Waals surface area contributed by atoms with Crippen LogP contribution in [0.2, 0.25) is 0 Å². The van der Waals surface area contributed by atoms with Crippen molar-refractivity contribution in [1.29, 1.82) is 0 Å². The average molecular weight is 483 g/mol. The highest BCUT2D eigenvalue weighted by Crippen LogP contribution is 2.46. The highest BCUT2D eigenvalue weighted by atomic mass is 19.1. The summed E-state index contributed by atoms with van der Waals surface area (Å²) >= 11 is 0. The predicted molar refractivity (Wildman–Crippen MR) is 130 cm³/mol. The van der Waals surface area contributed by atoms with E-state index in [2.05, 4.69) is 0 Å². The number of benzene rings is 2. The summed E-state index contributed by atoms with van der Waals surface area (Å²) in [5, 5.41) is 0. The molecule has 0 saturated carbocycles. The molecule has 0 radical (unpaired) electrons. The van der Waals surface area contributed by atoms with Crippen LogP contribution in [0.15, 0.2) is 76.4 Å². The molecule has 3 aromatic rings. The summed E-state index contributed by atoms with van der Waals surface area (Å²) in [7, 11) is 1.57. The molecule has 0 aliphatic carbocycles. The summed E-state index contributed by atoms with van der Waals surface area (Å²) in [6.07, 6.45) is 0.682. The standard InChI is InChI=1S/C27H31FN2O5/c1-4-23-19(2)27(18-28,34-17-21-8-6-5-7-9-21)25(35-23)29-15-14-24(31)30(26(29)32)16-20-10-12-22(33-3)13-11-20/h5-15,19,23,25H,4,16-18H2,1-3H3/t19-,23-,25-,27-/m1/s1. The van der Waals surface area contributed by atoms with E-state index >= 15 is 0 Å². The van der Waals surface area contributed by atoms with Gasteiger partial charge in [0.25, 0.3) is 5.56 Å². The molecule has 1 aromatic heterocycles. The molecule has 8 heteroatoms. The summed E-state index contributed by atoms with van der Waals surface area (Å²) in [6.45, 7) is 3.24. The number of ether oxygens (including phenoxy) is 3. The number of methoxy groups -OCH3 is 1. The van der Waals surface area contributed by atoms with Crippen molar-refractivity contribution in [2.75, 3.05) is 13.8 Å². The van der Waals surface area contributed by atoms with Crippen molar-refractivity contribution in [2.24, 2.45) is 5.92 Å². The Morgan fingerprint density at radius 2 is 1.74 bits per heavy atom. The quantitative estimate of drug-likeness (QED) is 0.462. The van der Waals surface area contributed by atoms with Gasteiger partial charge in [0.2, 0.25) is 0 Å². The maximum absolute atomic E-state index is 14.9. The van der Waals surface area contributed by atoms with Crippen LogP contribution in [-0.4, -0.2) is 34.6 Å². The minimum atomic E-state index is -1.39. The Hall–Kier alpha value is -3.23.